The first-order valence-corrected chi connectivity index (χ1v) is 6.51. The topological polar surface area (TPSA) is 92.5 Å². The van der Waals surface area contributed by atoms with E-state index in [1.54, 1.807) is 36.1 Å². The van der Waals surface area contributed by atoms with Crippen molar-refractivity contribution >= 4 is 29.1 Å². The molecule has 0 bridgehead atoms. The van der Waals surface area contributed by atoms with Crippen LogP contribution in [-0.2, 0) is 14.4 Å². The Labute approximate surface area is 116 Å². The Hall–Kier alpha value is -2.37. The predicted molar refractivity (Wildman–Crippen MR) is 75.0 cm³/mol. The van der Waals surface area contributed by atoms with Crippen LogP contribution in [0.3, 0.4) is 0 Å². The van der Waals surface area contributed by atoms with Crippen molar-refractivity contribution in [1.29, 1.82) is 0 Å². The number of anilines is 2. The monoisotopic (exact) mass is 275 g/mol. The van der Waals surface area contributed by atoms with Crippen LogP contribution in [0.5, 0.6) is 0 Å². The first-order chi connectivity index (χ1) is 9.51. The summed E-state index contributed by atoms with van der Waals surface area (Å²) in [5, 5.41) is 2.73. The minimum Gasteiger partial charge on any atom is -0.369 e. The molecular weight excluding hydrogens is 258 g/mol. The summed E-state index contributed by atoms with van der Waals surface area (Å²) in [6.45, 7) is 2.09. The highest BCUT2D eigenvalue weighted by Crippen LogP contribution is 2.26. The van der Waals surface area contributed by atoms with E-state index in [9.17, 15) is 14.4 Å². The number of rotatable bonds is 4. The van der Waals surface area contributed by atoms with Crippen LogP contribution >= 0.6 is 0 Å². The summed E-state index contributed by atoms with van der Waals surface area (Å²) in [5.74, 6) is -1.06. The fourth-order valence-electron chi connectivity index (χ4n) is 2.12. The van der Waals surface area contributed by atoms with Gasteiger partial charge in [-0.15, -0.1) is 0 Å². The maximum atomic E-state index is 11.8. The quantitative estimate of drug-likeness (QED) is 0.854. The third-order valence-corrected chi connectivity index (χ3v) is 3.31. The van der Waals surface area contributed by atoms with E-state index >= 15 is 0 Å². The van der Waals surface area contributed by atoms with Crippen molar-refractivity contribution in [3.05, 3.63) is 24.3 Å². The number of amides is 3. The highest BCUT2D eigenvalue weighted by atomic mass is 16.2. The zero-order valence-corrected chi connectivity index (χ0v) is 11.3. The second-order valence-corrected chi connectivity index (χ2v) is 4.76. The van der Waals surface area contributed by atoms with Crippen molar-refractivity contribution in [2.45, 2.75) is 19.8 Å². The fraction of sp³-hybridized carbons (Fsp3) is 0.357. The van der Waals surface area contributed by atoms with E-state index in [-0.39, 0.29) is 18.2 Å². The molecule has 106 valence electrons. The van der Waals surface area contributed by atoms with E-state index in [0.717, 1.165) is 0 Å². The predicted octanol–water partition coefficient (Wildman–Crippen LogP) is 0.873. The molecule has 1 fully saturated rings. The molecule has 6 nitrogen and oxygen atoms in total. The average Bonchev–Trinajstić information content (AvgIpc) is 2.82. The van der Waals surface area contributed by atoms with Gasteiger partial charge in [-0.2, -0.15) is 0 Å². The molecule has 0 unspecified atom stereocenters. The standard InChI is InChI=1S/C14H17N3O3/c1-2-12(18)16-10-3-5-11(6-4-10)17-8-9(14(15)20)7-13(17)19/h3-6,9H,2,7-8H2,1H3,(H2,15,20)(H,16,18)/t9-/m1/s1. The Balaban J connectivity index is 2.08. The maximum absolute atomic E-state index is 11.8. The summed E-state index contributed by atoms with van der Waals surface area (Å²) in [6, 6.07) is 6.95. The van der Waals surface area contributed by atoms with Gasteiger partial charge in [-0.25, -0.2) is 0 Å². The van der Waals surface area contributed by atoms with Crippen LogP contribution in [-0.4, -0.2) is 24.3 Å². The van der Waals surface area contributed by atoms with Gasteiger partial charge in [0.05, 0.1) is 5.92 Å². The molecule has 0 aliphatic carbocycles. The Kier molecular flexibility index (Phi) is 4.02. The second-order valence-electron chi connectivity index (χ2n) is 4.76. The van der Waals surface area contributed by atoms with Crippen molar-refractivity contribution < 1.29 is 14.4 Å². The summed E-state index contributed by atoms with van der Waals surface area (Å²) in [6.07, 6.45) is 0.566. The Morgan fingerprint density at radius 3 is 2.50 bits per heavy atom. The van der Waals surface area contributed by atoms with Crippen molar-refractivity contribution in [2.24, 2.45) is 11.7 Å². The largest absolute Gasteiger partial charge is 0.369 e. The van der Waals surface area contributed by atoms with Crippen LogP contribution in [0.15, 0.2) is 24.3 Å². The molecule has 0 aromatic heterocycles. The maximum Gasteiger partial charge on any atom is 0.227 e. The van der Waals surface area contributed by atoms with Gasteiger partial charge < -0.3 is 16.0 Å². The van der Waals surface area contributed by atoms with Gasteiger partial charge in [0.2, 0.25) is 17.7 Å². The minimum absolute atomic E-state index is 0.0659. The number of carbonyl (C=O) groups is 3. The minimum atomic E-state index is -0.451. The lowest BCUT2D eigenvalue weighted by Gasteiger charge is -2.16. The molecule has 0 radical (unpaired) electrons. The molecule has 2 rings (SSSR count). The molecule has 1 aromatic rings. The number of benzene rings is 1. The molecule has 0 saturated carbocycles. The molecular formula is C14H17N3O3. The van der Waals surface area contributed by atoms with Crippen LogP contribution in [0, 0.1) is 5.92 Å². The SMILES string of the molecule is CCC(=O)Nc1ccc(N2C[C@H](C(N)=O)CC2=O)cc1. The lowest BCUT2D eigenvalue weighted by molar-refractivity contribution is -0.123. The Morgan fingerprint density at radius 2 is 2.00 bits per heavy atom. The lowest BCUT2D eigenvalue weighted by atomic mass is 10.1. The highest BCUT2D eigenvalue weighted by molar-refractivity contribution is 6.00. The number of nitrogens with one attached hydrogen (secondary N) is 1. The lowest BCUT2D eigenvalue weighted by Crippen LogP contribution is -2.28. The molecule has 1 saturated heterocycles. The van der Waals surface area contributed by atoms with Gasteiger partial charge in [0, 0.05) is 30.8 Å². The van der Waals surface area contributed by atoms with Crippen LogP contribution in [0.2, 0.25) is 0 Å². The number of nitrogens with zero attached hydrogens (tertiary/aromatic N) is 1. The van der Waals surface area contributed by atoms with Crippen molar-refractivity contribution in [3.8, 4) is 0 Å². The Morgan fingerprint density at radius 1 is 1.35 bits per heavy atom. The van der Waals surface area contributed by atoms with Crippen LogP contribution < -0.4 is 16.0 Å². The first-order valence-electron chi connectivity index (χ1n) is 6.51. The van der Waals surface area contributed by atoms with E-state index in [1.165, 1.54) is 0 Å². The smallest absolute Gasteiger partial charge is 0.227 e. The van der Waals surface area contributed by atoms with Gasteiger partial charge in [-0.1, -0.05) is 6.92 Å². The molecule has 0 spiro atoms. The average molecular weight is 275 g/mol. The molecule has 1 aliphatic heterocycles. The number of hydrogen-bond acceptors (Lipinski definition) is 3. The summed E-state index contributed by atoms with van der Waals surface area (Å²) in [5.41, 5.74) is 6.61. The molecule has 6 heteroatoms. The normalized spacial score (nSPS) is 18.1. The van der Waals surface area contributed by atoms with Gasteiger partial charge in [-0.05, 0) is 24.3 Å². The van der Waals surface area contributed by atoms with Crippen molar-refractivity contribution in [1.82, 2.24) is 0 Å². The molecule has 1 aliphatic rings. The summed E-state index contributed by atoms with van der Waals surface area (Å²) in [7, 11) is 0. The number of nitrogens with two attached hydrogens (primary N) is 1. The molecule has 3 N–H and O–H groups in total. The fourth-order valence-corrected chi connectivity index (χ4v) is 2.12. The van der Waals surface area contributed by atoms with Crippen LogP contribution in [0.4, 0.5) is 11.4 Å². The molecule has 1 heterocycles. The van der Waals surface area contributed by atoms with Crippen LogP contribution in [0.1, 0.15) is 19.8 Å². The van der Waals surface area contributed by atoms with E-state index in [2.05, 4.69) is 5.32 Å². The zero-order chi connectivity index (χ0) is 14.7. The van der Waals surface area contributed by atoms with Gasteiger partial charge >= 0.3 is 0 Å². The molecule has 1 aromatic carbocycles. The van der Waals surface area contributed by atoms with Gasteiger partial charge in [0.1, 0.15) is 0 Å². The van der Waals surface area contributed by atoms with E-state index in [1.807, 2.05) is 0 Å². The molecule has 3 amide bonds. The third kappa shape index (κ3) is 2.96. The zero-order valence-electron chi connectivity index (χ0n) is 11.3. The second kappa shape index (κ2) is 5.73. The third-order valence-electron chi connectivity index (χ3n) is 3.31. The highest BCUT2D eigenvalue weighted by Gasteiger charge is 2.33. The number of hydrogen-bond donors (Lipinski definition) is 2. The number of primary amides is 1. The van der Waals surface area contributed by atoms with Gasteiger partial charge in [0.15, 0.2) is 0 Å². The molecule has 1 atom stereocenters. The summed E-state index contributed by atoms with van der Waals surface area (Å²) >= 11 is 0. The van der Waals surface area contributed by atoms with E-state index in [0.29, 0.717) is 24.3 Å². The van der Waals surface area contributed by atoms with Gasteiger partial charge in [-0.3, -0.25) is 14.4 Å². The van der Waals surface area contributed by atoms with E-state index < -0.39 is 11.8 Å². The first kappa shape index (κ1) is 14.0. The van der Waals surface area contributed by atoms with Gasteiger partial charge in [0.25, 0.3) is 0 Å². The molecule has 20 heavy (non-hydrogen) atoms. The van der Waals surface area contributed by atoms with Crippen molar-refractivity contribution in [3.63, 3.8) is 0 Å². The van der Waals surface area contributed by atoms with Crippen molar-refractivity contribution in [2.75, 3.05) is 16.8 Å². The van der Waals surface area contributed by atoms with Crippen LogP contribution in [0.25, 0.3) is 0 Å². The Bertz CT molecular complexity index is 539. The summed E-state index contributed by atoms with van der Waals surface area (Å²) in [4.78, 5) is 35.8. The van der Waals surface area contributed by atoms with E-state index in [4.69, 9.17) is 5.73 Å². The number of carbonyl (C=O) groups excluding carboxylic acids is 3. The summed E-state index contributed by atoms with van der Waals surface area (Å²) < 4.78 is 0.